The number of aromatic nitrogens is 1. The van der Waals surface area contributed by atoms with E-state index < -0.39 is 5.97 Å². The molecule has 122 valence electrons. The second-order valence-electron chi connectivity index (χ2n) is 5.16. The van der Waals surface area contributed by atoms with Gasteiger partial charge in [-0.05, 0) is 32.0 Å². The van der Waals surface area contributed by atoms with Gasteiger partial charge in [-0.15, -0.1) is 0 Å². The average Bonchev–Trinajstić information content (AvgIpc) is 2.82. The van der Waals surface area contributed by atoms with E-state index in [1.807, 2.05) is 54.8 Å². The molecule has 1 aromatic carbocycles. The summed E-state index contributed by atoms with van der Waals surface area (Å²) in [7, 11) is 0. The van der Waals surface area contributed by atoms with Gasteiger partial charge in [0.15, 0.2) is 0 Å². The number of hydrogen-bond donors (Lipinski definition) is 2. The van der Waals surface area contributed by atoms with Crippen molar-refractivity contribution in [1.82, 2.24) is 9.88 Å². The number of benzene rings is 1. The number of hydrogen-bond acceptors (Lipinski definition) is 3. The summed E-state index contributed by atoms with van der Waals surface area (Å²) in [6.07, 6.45) is 0. The molecule has 0 atom stereocenters. The summed E-state index contributed by atoms with van der Waals surface area (Å²) in [4.78, 5) is 22.6. The monoisotopic (exact) mass is 316 g/mol. The molecule has 0 spiro atoms. The van der Waals surface area contributed by atoms with E-state index >= 15 is 0 Å². The second-order valence-corrected chi connectivity index (χ2v) is 5.16. The first-order valence-electron chi connectivity index (χ1n) is 7.33. The number of carboxylic acids is 1. The Hall–Kier alpha value is -2.60. The molecule has 0 radical (unpaired) electrons. The van der Waals surface area contributed by atoms with E-state index in [9.17, 15) is 9.59 Å². The molecule has 23 heavy (non-hydrogen) atoms. The minimum absolute atomic E-state index is 0.162. The van der Waals surface area contributed by atoms with E-state index in [-0.39, 0.29) is 25.7 Å². The maximum atomic E-state index is 12.3. The fraction of sp³-hybridized carbons (Fsp3) is 0.294. The van der Waals surface area contributed by atoms with Crippen molar-refractivity contribution in [2.75, 3.05) is 19.8 Å². The number of aryl methyl sites for hydroxylation is 1. The Morgan fingerprint density at radius 3 is 2.57 bits per heavy atom. The standard InChI is InChI=1S/C17H20N2O4/c1-12-10-15(17(22)18-8-9-23-11-16(20)21)13(2)19(12)14-6-4-3-5-7-14/h3-7,10H,8-9,11H2,1-2H3,(H,18,22)(H,20,21). The smallest absolute Gasteiger partial charge is 0.329 e. The molecule has 6 heteroatoms. The summed E-state index contributed by atoms with van der Waals surface area (Å²) in [5.74, 6) is -1.22. The van der Waals surface area contributed by atoms with Crippen LogP contribution in [-0.2, 0) is 9.53 Å². The summed E-state index contributed by atoms with van der Waals surface area (Å²) >= 11 is 0. The highest BCUT2D eigenvalue weighted by Crippen LogP contribution is 2.20. The summed E-state index contributed by atoms with van der Waals surface area (Å²) < 4.78 is 6.91. The van der Waals surface area contributed by atoms with E-state index in [1.165, 1.54) is 0 Å². The van der Waals surface area contributed by atoms with Gasteiger partial charge >= 0.3 is 5.97 Å². The average molecular weight is 316 g/mol. The first kappa shape index (κ1) is 16.8. The van der Waals surface area contributed by atoms with Crippen molar-refractivity contribution >= 4 is 11.9 Å². The molecule has 2 rings (SSSR count). The molecule has 6 nitrogen and oxygen atoms in total. The predicted molar refractivity (Wildman–Crippen MR) is 86.0 cm³/mol. The molecular formula is C17H20N2O4. The maximum Gasteiger partial charge on any atom is 0.329 e. The minimum Gasteiger partial charge on any atom is -0.480 e. The number of nitrogens with one attached hydrogen (secondary N) is 1. The van der Waals surface area contributed by atoms with Crippen molar-refractivity contribution in [1.29, 1.82) is 0 Å². The highest BCUT2D eigenvalue weighted by molar-refractivity contribution is 5.95. The molecule has 0 unspecified atom stereocenters. The lowest BCUT2D eigenvalue weighted by atomic mass is 10.2. The van der Waals surface area contributed by atoms with Crippen LogP contribution in [0.5, 0.6) is 0 Å². The number of aliphatic carboxylic acids is 1. The number of carbonyl (C=O) groups is 2. The molecule has 1 amide bonds. The van der Waals surface area contributed by atoms with E-state index in [4.69, 9.17) is 9.84 Å². The van der Waals surface area contributed by atoms with Crippen molar-refractivity contribution < 1.29 is 19.4 Å². The van der Waals surface area contributed by atoms with E-state index in [0.717, 1.165) is 17.1 Å². The summed E-state index contributed by atoms with van der Waals surface area (Å²) in [5.41, 5.74) is 3.44. The largest absolute Gasteiger partial charge is 0.480 e. The third kappa shape index (κ3) is 4.20. The molecule has 0 fully saturated rings. The number of nitrogens with zero attached hydrogens (tertiary/aromatic N) is 1. The Balaban J connectivity index is 2.03. The maximum absolute atomic E-state index is 12.3. The van der Waals surface area contributed by atoms with Crippen molar-refractivity contribution in [2.45, 2.75) is 13.8 Å². The van der Waals surface area contributed by atoms with Crippen molar-refractivity contribution in [2.24, 2.45) is 0 Å². The van der Waals surface area contributed by atoms with Crippen LogP contribution in [0.2, 0.25) is 0 Å². The van der Waals surface area contributed by atoms with Crippen molar-refractivity contribution in [3.63, 3.8) is 0 Å². The highest BCUT2D eigenvalue weighted by Gasteiger charge is 2.16. The zero-order valence-corrected chi connectivity index (χ0v) is 13.2. The van der Waals surface area contributed by atoms with Crippen LogP contribution < -0.4 is 5.32 Å². The zero-order valence-electron chi connectivity index (χ0n) is 13.2. The van der Waals surface area contributed by atoms with Gasteiger partial charge in [0.2, 0.25) is 0 Å². The van der Waals surface area contributed by atoms with Crippen LogP contribution in [0.4, 0.5) is 0 Å². The molecule has 2 aromatic rings. The number of amides is 1. The van der Waals surface area contributed by atoms with E-state index in [2.05, 4.69) is 5.32 Å². The second kappa shape index (κ2) is 7.60. The summed E-state index contributed by atoms with van der Waals surface area (Å²) in [6, 6.07) is 11.7. The number of carbonyl (C=O) groups excluding carboxylic acids is 1. The Kier molecular flexibility index (Phi) is 5.54. The quantitative estimate of drug-likeness (QED) is 0.765. The van der Waals surface area contributed by atoms with Gasteiger partial charge in [0.25, 0.3) is 5.91 Å². The molecule has 1 aromatic heterocycles. The Bertz CT molecular complexity index is 692. The fourth-order valence-corrected chi connectivity index (χ4v) is 2.46. The van der Waals surface area contributed by atoms with Crippen molar-refractivity contribution in [3.8, 4) is 5.69 Å². The van der Waals surface area contributed by atoms with Gasteiger partial charge in [-0.25, -0.2) is 4.79 Å². The van der Waals surface area contributed by atoms with Gasteiger partial charge in [-0.3, -0.25) is 4.79 Å². The topological polar surface area (TPSA) is 80.6 Å². The SMILES string of the molecule is Cc1cc(C(=O)NCCOCC(=O)O)c(C)n1-c1ccccc1. The van der Waals surface area contributed by atoms with Crippen LogP contribution in [0.3, 0.4) is 0 Å². The number of para-hydroxylation sites is 1. The third-order valence-electron chi connectivity index (χ3n) is 3.45. The fourth-order valence-electron chi connectivity index (χ4n) is 2.46. The van der Waals surface area contributed by atoms with Crippen LogP contribution >= 0.6 is 0 Å². The number of ether oxygens (including phenoxy) is 1. The normalized spacial score (nSPS) is 10.5. The summed E-state index contributed by atoms with van der Waals surface area (Å²) in [6.45, 7) is 3.91. The van der Waals surface area contributed by atoms with Crippen LogP contribution in [0.15, 0.2) is 36.4 Å². The van der Waals surface area contributed by atoms with E-state index in [1.54, 1.807) is 0 Å². The van der Waals surface area contributed by atoms with E-state index in [0.29, 0.717) is 5.56 Å². The number of carboxylic acid groups (broad SMARTS) is 1. The van der Waals surface area contributed by atoms with Crippen LogP contribution in [-0.4, -0.2) is 41.3 Å². The third-order valence-corrected chi connectivity index (χ3v) is 3.45. The molecule has 2 N–H and O–H groups in total. The van der Waals surface area contributed by atoms with Gasteiger partial charge in [-0.2, -0.15) is 0 Å². The first-order valence-corrected chi connectivity index (χ1v) is 7.33. The molecule has 0 saturated heterocycles. The molecular weight excluding hydrogens is 296 g/mol. The van der Waals surface area contributed by atoms with Crippen LogP contribution in [0.1, 0.15) is 21.7 Å². The van der Waals surface area contributed by atoms with Gasteiger partial charge < -0.3 is 19.7 Å². The molecule has 0 bridgehead atoms. The van der Waals surface area contributed by atoms with Gasteiger partial charge in [0.05, 0.1) is 12.2 Å². The van der Waals surface area contributed by atoms with Crippen LogP contribution in [0.25, 0.3) is 5.69 Å². The lowest BCUT2D eigenvalue weighted by Gasteiger charge is -2.10. The van der Waals surface area contributed by atoms with Crippen molar-refractivity contribution in [3.05, 3.63) is 53.3 Å². The summed E-state index contributed by atoms with van der Waals surface area (Å²) in [5, 5.41) is 11.2. The molecule has 0 saturated carbocycles. The molecule has 0 aliphatic rings. The molecule has 0 aliphatic heterocycles. The number of rotatable bonds is 7. The molecule has 0 aliphatic carbocycles. The zero-order chi connectivity index (χ0) is 16.8. The Morgan fingerprint density at radius 2 is 1.91 bits per heavy atom. The first-order chi connectivity index (χ1) is 11.0. The minimum atomic E-state index is -1.03. The Morgan fingerprint density at radius 1 is 1.22 bits per heavy atom. The van der Waals surface area contributed by atoms with Gasteiger partial charge in [-0.1, -0.05) is 18.2 Å². The van der Waals surface area contributed by atoms with Gasteiger partial charge in [0, 0.05) is 23.6 Å². The lowest BCUT2D eigenvalue weighted by Crippen LogP contribution is -2.28. The lowest BCUT2D eigenvalue weighted by molar-refractivity contribution is -0.142. The highest BCUT2D eigenvalue weighted by atomic mass is 16.5. The Labute approximate surface area is 134 Å². The van der Waals surface area contributed by atoms with Crippen LogP contribution in [0, 0.1) is 13.8 Å². The predicted octanol–water partition coefficient (Wildman–Crippen LogP) is 1.93. The van der Waals surface area contributed by atoms with Gasteiger partial charge in [0.1, 0.15) is 6.61 Å². The molecule has 1 heterocycles.